The van der Waals surface area contributed by atoms with E-state index in [1.54, 1.807) is 7.11 Å². The molecule has 7 nitrogen and oxygen atoms in total. The zero-order valence-electron chi connectivity index (χ0n) is 11.4. The lowest BCUT2D eigenvalue weighted by Gasteiger charge is -2.36. The Morgan fingerprint density at radius 2 is 2.40 bits per heavy atom. The maximum absolute atomic E-state index is 11.2. The number of nitrogens with zero attached hydrogens (tertiary/aromatic N) is 4. The molecule has 0 aliphatic carbocycles. The van der Waals surface area contributed by atoms with Crippen molar-refractivity contribution in [3.05, 3.63) is 27.9 Å². The standard InChI is InChI=1S/C13H16N4O3/c1-9-4-6-16(8-11(9)20-2)13-12(17(18)19)10(7-14)3-5-15-13/h3,5,9,11H,4,6,8H2,1-2H3. The van der Waals surface area contributed by atoms with Gasteiger partial charge in [0.25, 0.3) is 0 Å². The van der Waals surface area contributed by atoms with Crippen molar-refractivity contribution in [2.45, 2.75) is 19.4 Å². The molecule has 0 spiro atoms. The molecule has 1 saturated heterocycles. The molecule has 0 N–H and O–H groups in total. The fraction of sp³-hybridized carbons (Fsp3) is 0.538. The smallest absolute Gasteiger partial charge is 0.329 e. The molecule has 0 bridgehead atoms. The summed E-state index contributed by atoms with van der Waals surface area (Å²) in [7, 11) is 1.64. The molecule has 1 aromatic heterocycles. The van der Waals surface area contributed by atoms with E-state index in [4.69, 9.17) is 10.00 Å². The quantitative estimate of drug-likeness (QED) is 0.616. The number of aromatic nitrogens is 1. The van der Waals surface area contributed by atoms with Crippen molar-refractivity contribution < 1.29 is 9.66 Å². The first kappa shape index (κ1) is 14.2. The fourth-order valence-electron chi connectivity index (χ4n) is 2.48. The molecule has 7 heteroatoms. The van der Waals surface area contributed by atoms with E-state index in [0.717, 1.165) is 6.42 Å². The summed E-state index contributed by atoms with van der Waals surface area (Å²) in [5.74, 6) is 0.650. The molecule has 1 fully saturated rings. The number of hydrogen-bond donors (Lipinski definition) is 0. The summed E-state index contributed by atoms with van der Waals surface area (Å²) in [6, 6.07) is 3.21. The van der Waals surface area contributed by atoms with Crippen LogP contribution in [0.3, 0.4) is 0 Å². The third kappa shape index (κ3) is 2.56. The van der Waals surface area contributed by atoms with E-state index < -0.39 is 4.92 Å². The van der Waals surface area contributed by atoms with Crippen LogP contribution < -0.4 is 4.90 Å². The van der Waals surface area contributed by atoms with E-state index in [2.05, 4.69) is 11.9 Å². The molecule has 1 aliphatic heterocycles. The first-order valence-corrected chi connectivity index (χ1v) is 6.39. The van der Waals surface area contributed by atoms with Crippen LogP contribution in [-0.4, -0.2) is 36.2 Å². The molecule has 1 aromatic rings. The monoisotopic (exact) mass is 276 g/mol. The third-order valence-electron chi connectivity index (χ3n) is 3.70. The molecular formula is C13H16N4O3. The Kier molecular flexibility index (Phi) is 4.15. The molecule has 2 unspecified atom stereocenters. The van der Waals surface area contributed by atoms with Gasteiger partial charge in [-0.3, -0.25) is 10.1 Å². The van der Waals surface area contributed by atoms with Crippen LogP contribution >= 0.6 is 0 Å². The molecule has 106 valence electrons. The number of nitriles is 1. The summed E-state index contributed by atoms with van der Waals surface area (Å²) in [4.78, 5) is 16.6. The second-order valence-electron chi connectivity index (χ2n) is 4.89. The van der Waals surface area contributed by atoms with Crippen LogP contribution in [0.25, 0.3) is 0 Å². The van der Waals surface area contributed by atoms with Gasteiger partial charge in [0.1, 0.15) is 11.6 Å². The van der Waals surface area contributed by atoms with Crippen molar-refractivity contribution in [2.24, 2.45) is 5.92 Å². The number of piperidine rings is 1. The highest BCUT2D eigenvalue weighted by Crippen LogP contribution is 2.32. The van der Waals surface area contributed by atoms with Crippen molar-refractivity contribution in [2.75, 3.05) is 25.1 Å². The van der Waals surface area contributed by atoms with Gasteiger partial charge in [-0.1, -0.05) is 6.92 Å². The minimum absolute atomic E-state index is 0.0101. The van der Waals surface area contributed by atoms with Gasteiger partial charge >= 0.3 is 5.69 Å². The predicted molar refractivity (Wildman–Crippen MR) is 72.4 cm³/mol. The topological polar surface area (TPSA) is 92.3 Å². The van der Waals surface area contributed by atoms with E-state index >= 15 is 0 Å². The Bertz CT molecular complexity index is 555. The second kappa shape index (κ2) is 5.84. The molecule has 2 heterocycles. The fourth-order valence-corrected chi connectivity index (χ4v) is 2.48. The van der Waals surface area contributed by atoms with Crippen LogP contribution in [0.15, 0.2) is 12.3 Å². The number of pyridine rings is 1. The summed E-state index contributed by atoms with van der Waals surface area (Å²) in [5, 5.41) is 20.2. The van der Waals surface area contributed by atoms with Crippen molar-refractivity contribution >= 4 is 11.5 Å². The lowest BCUT2D eigenvalue weighted by molar-refractivity contribution is -0.384. The van der Waals surface area contributed by atoms with Crippen LogP contribution in [-0.2, 0) is 4.74 Å². The number of hydrogen-bond acceptors (Lipinski definition) is 6. The lowest BCUT2D eigenvalue weighted by atomic mass is 9.95. The van der Waals surface area contributed by atoms with E-state index in [9.17, 15) is 10.1 Å². The average Bonchev–Trinajstić information content (AvgIpc) is 2.46. The summed E-state index contributed by atoms with van der Waals surface area (Å²) in [5.41, 5.74) is -0.188. The molecule has 2 rings (SSSR count). The number of nitro groups is 1. The van der Waals surface area contributed by atoms with Crippen LogP contribution in [0.2, 0.25) is 0 Å². The molecule has 0 saturated carbocycles. The van der Waals surface area contributed by atoms with Gasteiger partial charge < -0.3 is 9.64 Å². The van der Waals surface area contributed by atoms with Crippen LogP contribution in [0.5, 0.6) is 0 Å². The largest absolute Gasteiger partial charge is 0.379 e. The van der Waals surface area contributed by atoms with Gasteiger partial charge in [0.15, 0.2) is 0 Å². The summed E-state index contributed by atoms with van der Waals surface area (Å²) in [6.45, 7) is 3.31. The average molecular weight is 276 g/mol. The normalized spacial score (nSPS) is 22.4. The summed E-state index contributed by atoms with van der Waals surface area (Å²) >= 11 is 0. The van der Waals surface area contributed by atoms with Gasteiger partial charge in [-0.25, -0.2) is 4.98 Å². The van der Waals surface area contributed by atoms with Gasteiger partial charge in [-0.2, -0.15) is 5.26 Å². The second-order valence-corrected chi connectivity index (χ2v) is 4.89. The van der Waals surface area contributed by atoms with E-state index in [1.165, 1.54) is 12.3 Å². The van der Waals surface area contributed by atoms with Crippen molar-refractivity contribution in [3.63, 3.8) is 0 Å². The van der Waals surface area contributed by atoms with Gasteiger partial charge in [0.05, 0.1) is 11.0 Å². The van der Waals surface area contributed by atoms with Crippen LogP contribution in [0.4, 0.5) is 11.5 Å². The van der Waals surface area contributed by atoms with Gasteiger partial charge in [0, 0.05) is 26.4 Å². The molecule has 1 aliphatic rings. The Hall–Kier alpha value is -2.20. The van der Waals surface area contributed by atoms with Crippen molar-refractivity contribution in [1.82, 2.24) is 4.98 Å². The highest BCUT2D eigenvalue weighted by molar-refractivity contribution is 5.65. The first-order chi connectivity index (χ1) is 9.58. The summed E-state index contributed by atoms with van der Waals surface area (Å²) in [6.07, 6.45) is 2.31. The minimum atomic E-state index is -0.541. The maximum Gasteiger partial charge on any atom is 0.329 e. The Morgan fingerprint density at radius 1 is 1.65 bits per heavy atom. The molecule has 0 amide bonds. The molecule has 0 radical (unpaired) electrons. The zero-order valence-corrected chi connectivity index (χ0v) is 11.4. The first-order valence-electron chi connectivity index (χ1n) is 6.39. The zero-order chi connectivity index (χ0) is 14.7. The summed E-state index contributed by atoms with van der Waals surface area (Å²) < 4.78 is 5.41. The number of anilines is 1. The Morgan fingerprint density at radius 3 is 3.00 bits per heavy atom. The molecule has 0 aromatic carbocycles. The number of ether oxygens (including phenoxy) is 1. The van der Waals surface area contributed by atoms with E-state index in [0.29, 0.717) is 19.0 Å². The maximum atomic E-state index is 11.2. The SMILES string of the molecule is COC1CN(c2nccc(C#N)c2[N+](=O)[O-])CCC1C. The van der Waals surface area contributed by atoms with Crippen LogP contribution in [0.1, 0.15) is 18.9 Å². The number of methoxy groups -OCH3 is 1. The number of rotatable bonds is 3. The van der Waals surface area contributed by atoms with E-state index in [-0.39, 0.29) is 23.2 Å². The molecular weight excluding hydrogens is 260 g/mol. The van der Waals surface area contributed by atoms with Crippen molar-refractivity contribution in [3.8, 4) is 6.07 Å². The third-order valence-corrected chi connectivity index (χ3v) is 3.70. The Balaban J connectivity index is 2.38. The van der Waals surface area contributed by atoms with Crippen LogP contribution in [0, 0.1) is 27.4 Å². The molecule has 2 atom stereocenters. The lowest BCUT2D eigenvalue weighted by Crippen LogP contribution is -2.44. The molecule has 20 heavy (non-hydrogen) atoms. The van der Waals surface area contributed by atoms with Gasteiger partial charge in [-0.05, 0) is 18.4 Å². The minimum Gasteiger partial charge on any atom is -0.379 e. The van der Waals surface area contributed by atoms with Gasteiger partial charge in [-0.15, -0.1) is 0 Å². The van der Waals surface area contributed by atoms with E-state index in [1.807, 2.05) is 11.0 Å². The van der Waals surface area contributed by atoms with Gasteiger partial charge in [0.2, 0.25) is 5.82 Å². The Labute approximate surface area is 116 Å². The highest BCUT2D eigenvalue weighted by atomic mass is 16.6. The highest BCUT2D eigenvalue weighted by Gasteiger charge is 2.32. The van der Waals surface area contributed by atoms with Crippen molar-refractivity contribution in [1.29, 1.82) is 5.26 Å². The predicted octanol–water partition coefficient (Wildman–Crippen LogP) is 1.72.